The zero-order chi connectivity index (χ0) is 13.8. The summed E-state index contributed by atoms with van der Waals surface area (Å²) in [7, 11) is 0. The topological polar surface area (TPSA) is 56.0 Å². The van der Waals surface area contributed by atoms with Crippen molar-refractivity contribution in [3.8, 4) is 0 Å². The Morgan fingerprint density at radius 1 is 0.714 bits per heavy atom. The minimum absolute atomic E-state index is 0.517. The lowest BCUT2D eigenvalue weighted by molar-refractivity contribution is 0.940. The highest BCUT2D eigenvalue weighted by molar-refractivity contribution is 6.22. The molecule has 21 heavy (non-hydrogen) atoms. The van der Waals surface area contributed by atoms with Crippen LogP contribution >= 0.6 is 0 Å². The van der Waals surface area contributed by atoms with Crippen LogP contribution in [0.25, 0.3) is 38.4 Å². The van der Waals surface area contributed by atoms with Gasteiger partial charge in [0.05, 0.1) is 0 Å². The summed E-state index contributed by atoms with van der Waals surface area (Å²) in [4.78, 5) is 4.64. The molecule has 5 nitrogen and oxygen atoms in total. The maximum atomic E-state index is 4.65. The minimum Gasteiger partial charge on any atom is -0.207 e. The summed E-state index contributed by atoms with van der Waals surface area (Å²) in [6.45, 7) is 0. The van der Waals surface area contributed by atoms with Crippen LogP contribution in [0.4, 0.5) is 0 Å². The van der Waals surface area contributed by atoms with Crippen molar-refractivity contribution in [2.24, 2.45) is 0 Å². The van der Waals surface area contributed by atoms with Gasteiger partial charge >= 0.3 is 0 Å². The Morgan fingerprint density at radius 3 is 2.05 bits per heavy atom. The molecule has 0 atom stereocenters. The molecule has 0 radical (unpaired) electrons. The summed E-state index contributed by atoms with van der Waals surface area (Å²) in [6.07, 6.45) is 1.58. The Bertz CT molecular complexity index is 1050. The Labute approximate surface area is 118 Å². The number of nitrogens with zero attached hydrogens (tertiary/aromatic N) is 5. The summed E-state index contributed by atoms with van der Waals surface area (Å²) in [5.74, 6) is 0.517. The number of benzene rings is 3. The minimum atomic E-state index is 0.517. The van der Waals surface area contributed by atoms with Crippen LogP contribution in [-0.4, -0.2) is 24.8 Å². The molecule has 0 aliphatic rings. The maximum Gasteiger partial charge on any atom is 0.272 e. The predicted molar refractivity (Wildman–Crippen MR) is 81.1 cm³/mol. The molecule has 0 amide bonds. The highest BCUT2D eigenvalue weighted by Crippen LogP contribution is 2.32. The van der Waals surface area contributed by atoms with Crippen LogP contribution in [0.2, 0.25) is 0 Å². The Morgan fingerprint density at radius 2 is 1.33 bits per heavy atom. The van der Waals surface area contributed by atoms with E-state index in [9.17, 15) is 0 Å². The van der Waals surface area contributed by atoms with E-state index in [1.807, 2.05) is 24.3 Å². The molecule has 5 heteroatoms. The van der Waals surface area contributed by atoms with Crippen LogP contribution < -0.4 is 0 Å². The molecular formula is C16H9N5. The van der Waals surface area contributed by atoms with Crippen molar-refractivity contribution in [3.63, 3.8) is 0 Å². The summed E-state index contributed by atoms with van der Waals surface area (Å²) < 4.78 is 1.61. The van der Waals surface area contributed by atoms with E-state index in [-0.39, 0.29) is 0 Å². The zero-order valence-electron chi connectivity index (χ0n) is 10.9. The van der Waals surface area contributed by atoms with Crippen LogP contribution in [0.15, 0.2) is 54.9 Å². The molecule has 0 spiro atoms. The van der Waals surface area contributed by atoms with Gasteiger partial charge in [-0.25, -0.2) is 4.98 Å². The molecule has 5 aromatic rings. The fourth-order valence-corrected chi connectivity index (χ4v) is 2.89. The van der Waals surface area contributed by atoms with Crippen molar-refractivity contribution in [2.75, 3.05) is 0 Å². The van der Waals surface area contributed by atoms with E-state index in [0.717, 1.165) is 21.8 Å². The molecule has 0 N–H and O–H groups in total. The monoisotopic (exact) mass is 271 g/mol. The second kappa shape index (κ2) is 3.73. The molecule has 3 aromatic carbocycles. The van der Waals surface area contributed by atoms with Gasteiger partial charge < -0.3 is 0 Å². The highest BCUT2D eigenvalue weighted by Gasteiger charge is 2.12. The average Bonchev–Trinajstić information content (AvgIpc) is 3.01. The van der Waals surface area contributed by atoms with Crippen LogP contribution in [0, 0.1) is 0 Å². The molecule has 0 bridgehead atoms. The van der Waals surface area contributed by atoms with Crippen molar-refractivity contribution >= 4 is 38.4 Å². The first-order chi connectivity index (χ1) is 10.4. The number of hydrogen-bond donors (Lipinski definition) is 0. The summed E-state index contributed by atoms with van der Waals surface area (Å²) in [5.41, 5.74) is 1.74. The smallest absolute Gasteiger partial charge is 0.207 e. The van der Waals surface area contributed by atoms with E-state index in [0.29, 0.717) is 5.78 Å². The van der Waals surface area contributed by atoms with Gasteiger partial charge in [-0.15, -0.1) is 10.2 Å². The Balaban J connectivity index is 2.21. The standard InChI is InChI=1S/C16H9N5/c1-3-7-12-10(5-1)11-6-2-4-8-13(11)15-14(12)18-16-19-17-9-21(16)20-15/h1-9H. The first-order valence-corrected chi connectivity index (χ1v) is 6.69. The molecule has 98 valence electrons. The number of fused-ring (bicyclic) bond motifs is 7. The van der Waals surface area contributed by atoms with Crippen molar-refractivity contribution in [2.45, 2.75) is 0 Å². The van der Waals surface area contributed by atoms with Crippen LogP contribution in [-0.2, 0) is 0 Å². The Hall–Kier alpha value is -3.08. The second-order valence-electron chi connectivity index (χ2n) is 4.98. The van der Waals surface area contributed by atoms with Gasteiger partial charge in [-0.2, -0.15) is 9.61 Å². The molecular weight excluding hydrogens is 262 g/mol. The van der Waals surface area contributed by atoms with E-state index in [1.54, 1.807) is 10.8 Å². The van der Waals surface area contributed by atoms with Crippen LogP contribution in [0.5, 0.6) is 0 Å². The summed E-state index contributed by atoms with van der Waals surface area (Å²) in [6, 6.07) is 16.5. The van der Waals surface area contributed by atoms with Gasteiger partial charge in [-0.1, -0.05) is 48.5 Å². The number of hydrogen-bond acceptors (Lipinski definition) is 4. The van der Waals surface area contributed by atoms with Gasteiger partial charge in [0.2, 0.25) is 0 Å². The second-order valence-corrected chi connectivity index (χ2v) is 4.98. The van der Waals surface area contributed by atoms with Crippen molar-refractivity contribution in [1.82, 2.24) is 24.8 Å². The fraction of sp³-hybridized carbons (Fsp3) is 0. The summed E-state index contributed by atoms with van der Waals surface area (Å²) in [5, 5.41) is 17.1. The van der Waals surface area contributed by atoms with Crippen molar-refractivity contribution < 1.29 is 0 Å². The molecule has 0 saturated heterocycles. The van der Waals surface area contributed by atoms with Gasteiger partial charge in [0.15, 0.2) is 0 Å². The molecule has 2 heterocycles. The number of aromatic nitrogens is 5. The quantitative estimate of drug-likeness (QED) is 0.406. The zero-order valence-corrected chi connectivity index (χ0v) is 10.9. The number of rotatable bonds is 0. The molecule has 0 aliphatic carbocycles. The van der Waals surface area contributed by atoms with E-state index in [1.165, 1.54) is 10.8 Å². The molecule has 2 aromatic heterocycles. The summed E-state index contributed by atoms with van der Waals surface area (Å²) >= 11 is 0. The van der Waals surface area contributed by atoms with Crippen LogP contribution in [0.3, 0.4) is 0 Å². The Kier molecular flexibility index (Phi) is 1.90. The van der Waals surface area contributed by atoms with E-state index in [2.05, 4.69) is 44.5 Å². The lowest BCUT2D eigenvalue weighted by atomic mass is 10.00. The lowest BCUT2D eigenvalue weighted by Gasteiger charge is -2.08. The molecule has 0 unspecified atom stereocenters. The van der Waals surface area contributed by atoms with Gasteiger partial charge in [0.1, 0.15) is 17.4 Å². The van der Waals surface area contributed by atoms with E-state index < -0.39 is 0 Å². The maximum absolute atomic E-state index is 4.65. The normalized spacial score (nSPS) is 11.8. The third-order valence-electron chi connectivity index (χ3n) is 3.81. The van der Waals surface area contributed by atoms with Gasteiger partial charge in [-0.3, -0.25) is 0 Å². The molecule has 5 rings (SSSR count). The van der Waals surface area contributed by atoms with Crippen molar-refractivity contribution in [3.05, 3.63) is 54.9 Å². The first kappa shape index (κ1) is 10.7. The third-order valence-corrected chi connectivity index (χ3v) is 3.81. The molecule has 0 fully saturated rings. The highest BCUT2D eigenvalue weighted by atomic mass is 15.4. The van der Waals surface area contributed by atoms with Crippen LogP contribution in [0.1, 0.15) is 0 Å². The lowest BCUT2D eigenvalue weighted by Crippen LogP contribution is -1.97. The van der Waals surface area contributed by atoms with E-state index >= 15 is 0 Å². The van der Waals surface area contributed by atoms with Gasteiger partial charge in [0, 0.05) is 10.8 Å². The van der Waals surface area contributed by atoms with Gasteiger partial charge in [0.25, 0.3) is 5.78 Å². The SMILES string of the molecule is c1ccc2c(c1)c1ccccc1c1nn3cnnc3nc21. The fourth-order valence-electron chi connectivity index (χ4n) is 2.89. The van der Waals surface area contributed by atoms with Crippen molar-refractivity contribution in [1.29, 1.82) is 0 Å². The van der Waals surface area contributed by atoms with E-state index in [4.69, 9.17) is 0 Å². The predicted octanol–water partition coefficient (Wildman–Crippen LogP) is 2.98. The van der Waals surface area contributed by atoms with Gasteiger partial charge in [-0.05, 0) is 10.8 Å². The molecule has 0 aliphatic heterocycles. The first-order valence-electron chi connectivity index (χ1n) is 6.69. The third kappa shape index (κ3) is 1.34. The average molecular weight is 271 g/mol. The largest absolute Gasteiger partial charge is 0.272 e. The molecule has 0 saturated carbocycles.